The molecule has 3 rings (SSSR count). The van der Waals surface area contributed by atoms with Crippen LogP contribution in [0.1, 0.15) is 69.4 Å². The molecule has 1 aliphatic rings. The fourth-order valence-corrected chi connectivity index (χ4v) is 5.34. The molecule has 49 heavy (non-hydrogen) atoms. The van der Waals surface area contributed by atoms with Crippen LogP contribution in [0.4, 0.5) is 0 Å². The molecule has 1 aromatic carbocycles. The van der Waals surface area contributed by atoms with E-state index in [0.29, 0.717) is 25.7 Å². The third-order valence-corrected chi connectivity index (χ3v) is 8.11. The van der Waals surface area contributed by atoms with Crippen molar-refractivity contribution in [3.05, 3.63) is 89.8 Å². The van der Waals surface area contributed by atoms with Crippen molar-refractivity contribution in [2.24, 2.45) is 22.2 Å². The van der Waals surface area contributed by atoms with Gasteiger partial charge >= 0.3 is 0 Å². The van der Waals surface area contributed by atoms with Crippen LogP contribution in [0.25, 0.3) is 0 Å². The maximum absolute atomic E-state index is 13.9. The Morgan fingerprint density at radius 2 is 1.47 bits per heavy atom. The number of rotatable bonds is 20. The zero-order valence-corrected chi connectivity index (χ0v) is 28.3. The van der Waals surface area contributed by atoms with Gasteiger partial charge in [0.2, 0.25) is 23.6 Å². The average Bonchev–Trinajstić information content (AvgIpc) is 3.10. The minimum atomic E-state index is -0.956. The Labute approximate surface area is 288 Å². The van der Waals surface area contributed by atoms with E-state index in [9.17, 15) is 19.2 Å². The van der Waals surface area contributed by atoms with E-state index in [-0.39, 0.29) is 37.8 Å². The van der Waals surface area contributed by atoms with Gasteiger partial charge in [0.25, 0.3) is 0 Å². The first-order valence-corrected chi connectivity index (χ1v) is 16.9. The Hall–Kier alpha value is -5.04. The first kappa shape index (κ1) is 38.4. The number of hydrogen-bond donors (Lipinski definition) is 7. The first-order valence-electron chi connectivity index (χ1n) is 16.9. The van der Waals surface area contributed by atoms with Crippen LogP contribution >= 0.6 is 0 Å². The van der Waals surface area contributed by atoms with Gasteiger partial charge in [0.1, 0.15) is 18.1 Å². The van der Waals surface area contributed by atoms with E-state index in [1.165, 1.54) is 0 Å². The molecule has 1 aromatic heterocycles. The van der Waals surface area contributed by atoms with Gasteiger partial charge in [-0.25, -0.2) is 0 Å². The van der Waals surface area contributed by atoms with Crippen LogP contribution in [-0.2, 0) is 32.1 Å². The van der Waals surface area contributed by atoms with E-state index in [1.807, 2.05) is 55.5 Å². The highest BCUT2D eigenvalue weighted by atomic mass is 16.2. The summed E-state index contributed by atoms with van der Waals surface area (Å²) >= 11 is 0. The summed E-state index contributed by atoms with van der Waals surface area (Å²) in [5.41, 5.74) is 19.9. The zero-order chi connectivity index (χ0) is 35.4. The number of carbonyl (C=O) groups excluding carboxylic acids is 4. The van der Waals surface area contributed by atoms with E-state index in [1.54, 1.807) is 24.5 Å². The van der Waals surface area contributed by atoms with Crippen LogP contribution in [0.2, 0.25) is 0 Å². The van der Waals surface area contributed by atoms with Gasteiger partial charge in [-0.15, -0.1) is 0 Å². The molecule has 10 N–H and O–H groups in total. The molecular weight excluding hydrogens is 622 g/mol. The quantitative estimate of drug-likeness (QED) is 0.0621. The molecular formula is C36H51N9O4. The Bertz CT molecular complexity index is 1440. The summed E-state index contributed by atoms with van der Waals surface area (Å²) in [6.07, 6.45) is 13.8. The molecule has 1 aliphatic carbocycles. The Morgan fingerprint density at radius 3 is 2.12 bits per heavy atom. The molecule has 0 saturated carbocycles. The second kappa shape index (κ2) is 21.0. The van der Waals surface area contributed by atoms with Gasteiger partial charge in [0.05, 0.1) is 6.04 Å². The molecule has 4 atom stereocenters. The Morgan fingerprint density at radius 1 is 0.816 bits per heavy atom. The van der Waals surface area contributed by atoms with E-state index in [4.69, 9.17) is 17.2 Å². The maximum atomic E-state index is 13.9. The fraction of sp³-hybridized carbons (Fsp3) is 0.444. The standard InChI is InChI=1S/C36H51N9O4/c1-2-3-15-30(34(48)43-29(16-10-19-41-36(38)39)33(47)42-24-27-17-20-40-21-18-27)44-35(49)31(23-26-13-8-5-9-14-26)45-32(46)28(37)22-25-11-6-4-7-12-25/h4-8,11-13,17-18,20-21,28-31H,2-3,9-10,14-16,19,22-24,37H2,1H3,(H,42,47)(H,43,48)(H,44,49)(H,45,46)(H4,38,39,41)/t28-,29-,30-,31-/m1/s1. The molecule has 13 nitrogen and oxygen atoms in total. The summed E-state index contributed by atoms with van der Waals surface area (Å²) in [7, 11) is 0. The molecule has 0 unspecified atom stereocenters. The Balaban J connectivity index is 1.74. The highest BCUT2D eigenvalue weighted by molar-refractivity contribution is 5.95. The van der Waals surface area contributed by atoms with Crippen molar-refractivity contribution in [3.63, 3.8) is 0 Å². The zero-order valence-electron chi connectivity index (χ0n) is 28.3. The third kappa shape index (κ3) is 14.3. The second-order valence-corrected chi connectivity index (χ2v) is 12.1. The number of carbonyl (C=O) groups is 4. The van der Waals surface area contributed by atoms with Gasteiger partial charge in [-0.3, -0.25) is 29.2 Å². The number of aromatic nitrogens is 1. The number of benzene rings is 1. The average molecular weight is 674 g/mol. The molecule has 0 saturated heterocycles. The largest absolute Gasteiger partial charge is 0.370 e. The lowest BCUT2D eigenvalue weighted by molar-refractivity contribution is -0.134. The van der Waals surface area contributed by atoms with Crippen LogP contribution < -0.4 is 38.5 Å². The number of pyridine rings is 1. The van der Waals surface area contributed by atoms with Crippen LogP contribution in [0.3, 0.4) is 0 Å². The molecule has 2 aromatic rings. The van der Waals surface area contributed by atoms with Gasteiger partial charge in [-0.2, -0.15) is 0 Å². The summed E-state index contributed by atoms with van der Waals surface area (Å²) in [6.45, 7) is 2.51. The predicted octanol–water partition coefficient (Wildman–Crippen LogP) is 1.63. The van der Waals surface area contributed by atoms with Crippen LogP contribution in [0.15, 0.2) is 83.7 Å². The van der Waals surface area contributed by atoms with Crippen LogP contribution in [0, 0.1) is 0 Å². The van der Waals surface area contributed by atoms with Gasteiger partial charge in [-0.05, 0) is 68.2 Å². The van der Waals surface area contributed by atoms with Crippen molar-refractivity contribution in [2.75, 3.05) is 6.54 Å². The topological polar surface area (TPSA) is 220 Å². The molecule has 0 aliphatic heterocycles. The smallest absolute Gasteiger partial charge is 0.243 e. The predicted molar refractivity (Wildman–Crippen MR) is 191 cm³/mol. The molecule has 1 heterocycles. The number of unbranched alkanes of at least 4 members (excludes halogenated alkanes) is 1. The van der Waals surface area contributed by atoms with Gasteiger partial charge in [0.15, 0.2) is 5.96 Å². The van der Waals surface area contributed by atoms with Crippen molar-refractivity contribution in [2.45, 2.75) is 95.4 Å². The van der Waals surface area contributed by atoms with Crippen molar-refractivity contribution >= 4 is 29.6 Å². The van der Waals surface area contributed by atoms with E-state index < -0.39 is 41.9 Å². The van der Waals surface area contributed by atoms with Crippen molar-refractivity contribution < 1.29 is 19.2 Å². The lowest BCUT2D eigenvalue weighted by atomic mass is 9.96. The third-order valence-electron chi connectivity index (χ3n) is 8.11. The van der Waals surface area contributed by atoms with E-state index in [0.717, 1.165) is 36.0 Å². The number of amides is 4. The summed E-state index contributed by atoms with van der Waals surface area (Å²) < 4.78 is 0. The van der Waals surface area contributed by atoms with Crippen molar-refractivity contribution in [1.82, 2.24) is 26.3 Å². The summed E-state index contributed by atoms with van der Waals surface area (Å²) in [5, 5.41) is 11.4. The second-order valence-electron chi connectivity index (χ2n) is 12.1. The van der Waals surface area contributed by atoms with Crippen LogP contribution in [-0.4, -0.2) is 65.3 Å². The van der Waals surface area contributed by atoms with Crippen molar-refractivity contribution in [3.8, 4) is 0 Å². The normalized spacial score (nSPS) is 14.7. The first-order chi connectivity index (χ1) is 23.7. The Kier molecular flexibility index (Phi) is 16.5. The van der Waals surface area contributed by atoms with E-state index in [2.05, 4.69) is 31.2 Å². The number of nitrogens with two attached hydrogens (primary N) is 3. The number of hydrogen-bond acceptors (Lipinski definition) is 7. The number of allylic oxidation sites excluding steroid dienone is 3. The number of nitrogens with one attached hydrogen (secondary N) is 4. The van der Waals surface area contributed by atoms with Gasteiger partial charge in [-0.1, -0.05) is 73.9 Å². The van der Waals surface area contributed by atoms with Gasteiger partial charge in [0, 0.05) is 25.5 Å². The highest BCUT2D eigenvalue weighted by Gasteiger charge is 2.31. The van der Waals surface area contributed by atoms with E-state index >= 15 is 0 Å². The summed E-state index contributed by atoms with van der Waals surface area (Å²) in [5.74, 6) is -1.91. The molecule has 0 radical (unpaired) electrons. The molecule has 0 bridgehead atoms. The molecule has 4 amide bonds. The lowest BCUT2D eigenvalue weighted by Crippen LogP contribution is -2.58. The lowest BCUT2D eigenvalue weighted by Gasteiger charge is -2.26. The summed E-state index contributed by atoms with van der Waals surface area (Å²) in [6, 6.07) is 9.30. The SMILES string of the molecule is CCCC[C@@H](NC(=O)[C@@H](CC1=CC=CCC1)NC(=O)[C@H](N)Cc1ccccc1)C(=O)N[C@H](CCCN=C(N)N)C(=O)NCc1ccncc1. The van der Waals surface area contributed by atoms with Crippen LogP contribution in [0.5, 0.6) is 0 Å². The van der Waals surface area contributed by atoms with Crippen molar-refractivity contribution in [1.29, 1.82) is 0 Å². The maximum Gasteiger partial charge on any atom is 0.243 e. The molecule has 0 spiro atoms. The molecule has 0 fully saturated rings. The molecule has 13 heteroatoms. The monoisotopic (exact) mass is 673 g/mol. The number of nitrogens with zero attached hydrogens (tertiary/aromatic N) is 2. The number of aliphatic imine (C=N–C) groups is 1. The highest BCUT2D eigenvalue weighted by Crippen LogP contribution is 2.18. The minimum Gasteiger partial charge on any atom is -0.370 e. The number of guanidine groups is 1. The fourth-order valence-electron chi connectivity index (χ4n) is 5.34. The summed E-state index contributed by atoms with van der Waals surface area (Å²) in [4.78, 5) is 62.1. The van der Waals surface area contributed by atoms with Gasteiger partial charge < -0.3 is 38.5 Å². The minimum absolute atomic E-state index is 0.0623. The molecule has 264 valence electrons.